The third-order valence-electron chi connectivity index (χ3n) is 4.87. The summed E-state index contributed by atoms with van der Waals surface area (Å²) >= 11 is 0. The Hall–Kier alpha value is -2.55. The maximum absolute atomic E-state index is 12.5. The van der Waals surface area contributed by atoms with Gasteiger partial charge < -0.3 is 9.73 Å². The van der Waals surface area contributed by atoms with Crippen molar-refractivity contribution in [2.24, 2.45) is 0 Å². The van der Waals surface area contributed by atoms with Gasteiger partial charge in [0.15, 0.2) is 5.76 Å². The summed E-state index contributed by atoms with van der Waals surface area (Å²) in [6.45, 7) is 2.02. The van der Waals surface area contributed by atoms with Crippen LogP contribution in [0.3, 0.4) is 0 Å². The van der Waals surface area contributed by atoms with E-state index in [1.54, 1.807) is 6.07 Å². The van der Waals surface area contributed by atoms with Crippen molar-refractivity contribution in [1.29, 1.82) is 0 Å². The molecule has 1 N–H and O–H groups in total. The summed E-state index contributed by atoms with van der Waals surface area (Å²) in [6.07, 6.45) is 4.86. The van der Waals surface area contributed by atoms with E-state index in [1.165, 1.54) is 30.4 Å². The summed E-state index contributed by atoms with van der Waals surface area (Å²) in [7, 11) is 0. The quantitative estimate of drug-likeness (QED) is 0.753. The molecule has 0 saturated carbocycles. The van der Waals surface area contributed by atoms with E-state index in [0.717, 1.165) is 23.0 Å². The summed E-state index contributed by atoms with van der Waals surface area (Å²) in [4.78, 5) is 12.5. The van der Waals surface area contributed by atoms with E-state index in [2.05, 4.69) is 23.5 Å². The van der Waals surface area contributed by atoms with Crippen molar-refractivity contribution in [3.05, 3.63) is 71.0 Å². The summed E-state index contributed by atoms with van der Waals surface area (Å²) in [5.74, 6) is 0.192. The van der Waals surface area contributed by atoms with Gasteiger partial charge in [-0.1, -0.05) is 36.4 Å². The van der Waals surface area contributed by atoms with Gasteiger partial charge in [0.1, 0.15) is 5.58 Å². The summed E-state index contributed by atoms with van der Waals surface area (Å²) in [6, 6.07) is 16.0. The van der Waals surface area contributed by atoms with Crippen LogP contribution in [0.1, 0.15) is 53.1 Å². The summed E-state index contributed by atoms with van der Waals surface area (Å²) in [5.41, 5.74) is 4.79. The fraction of sp³-hybridized carbons (Fsp3) is 0.286. The number of hydrogen-bond acceptors (Lipinski definition) is 2. The van der Waals surface area contributed by atoms with Crippen LogP contribution >= 0.6 is 0 Å². The average molecular weight is 319 g/mol. The van der Waals surface area contributed by atoms with Gasteiger partial charge in [-0.2, -0.15) is 0 Å². The molecule has 1 aliphatic rings. The van der Waals surface area contributed by atoms with E-state index >= 15 is 0 Å². The van der Waals surface area contributed by atoms with Crippen LogP contribution in [0.2, 0.25) is 0 Å². The summed E-state index contributed by atoms with van der Waals surface area (Å²) in [5, 5.41) is 4.00. The maximum Gasteiger partial charge on any atom is 0.287 e. The zero-order chi connectivity index (χ0) is 16.5. The molecule has 3 nitrogen and oxygen atoms in total. The molecule has 1 heterocycles. The average Bonchev–Trinajstić information content (AvgIpc) is 3.05. The topological polar surface area (TPSA) is 42.2 Å². The lowest BCUT2D eigenvalue weighted by atomic mass is 9.89. The van der Waals surface area contributed by atoms with Gasteiger partial charge in [0.2, 0.25) is 0 Å². The first-order valence-electron chi connectivity index (χ1n) is 8.62. The first-order valence-corrected chi connectivity index (χ1v) is 8.62. The van der Waals surface area contributed by atoms with Crippen LogP contribution in [-0.4, -0.2) is 5.91 Å². The molecule has 24 heavy (non-hydrogen) atoms. The highest BCUT2D eigenvalue weighted by atomic mass is 16.3. The third kappa shape index (κ3) is 2.82. The second-order valence-electron chi connectivity index (χ2n) is 6.58. The predicted octanol–water partition coefficient (Wildman–Crippen LogP) is 4.80. The molecule has 2 aromatic carbocycles. The Bertz CT molecular complexity index is 861. The van der Waals surface area contributed by atoms with Crippen molar-refractivity contribution in [3.63, 3.8) is 0 Å². The highest BCUT2D eigenvalue weighted by Gasteiger charge is 2.17. The highest BCUT2D eigenvalue weighted by molar-refractivity contribution is 5.96. The third-order valence-corrected chi connectivity index (χ3v) is 4.87. The van der Waals surface area contributed by atoms with E-state index in [0.29, 0.717) is 5.76 Å². The van der Waals surface area contributed by atoms with Gasteiger partial charge in [-0.3, -0.25) is 4.79 Å². The van der Waals surface area contributed by atoms with Crippen LogP contribution in [0.4, 0.5) is 0 Å². The molecule has 1 aliphatic carbocycles. The molecule has 3 aromatic rings. The smallest absolute Gasteiger partial charge is 0.287 e. The van der Waals surface area contributed by atoms with E-state index < -0.39 is 0 Å². The fourth-order valence-electron chi connectivity index (χ4n) is 3.47. The lowest BCUT2D eigenvalue weighted by Gasteiger charge is -2.19. The number of carbonyl (C=O) groups excluding carboxylic acids is 1. The Kier molecular flexibility index (Phi) is 3.85. The minimum Gasteiger partial charge on any atom is -0.451 e. The Labute approximate surface area is 141 Å². The van der Waals surface area contributed by atoms with Gasteiger partial charge in [-0.15, -0.1) is 0 Å². The van der Waals surface area contributed by atoms with Crippen molar-refractivity contribution in [1.82, 2.24) is 5.32 Å². The second-order valence-corrected chi connectivity index (χ2v) is 6.58. The highest BCUT2D eigenvalue weighted by Crippen LogP contribution is 2.25. The molecule has 4 rings (SSSR count). The number of aryl methyl sites for hydroxylation is 2. The monoisotopic (exact) mass is 319 g/mol. The molecule has 0 spiro atoms. The Morgan fingerprint density at radius 3 is 2.67 bits per heavy atom. The van der Waals surface area contributed by atoms with Crippen molar-refractivity contribution in [3.8, 4) is 0 Å². The molecule has 1 aromatic heterocycles. The van der Waals surface area contributed by atoms with Crippen molar-refractivity contribution in [2.75, 3.05) is 0 Å². The second kappa shape index (κ2) is 6.16. The number of benzene rings is 2. The number of nitrogens with one attached hydrogen (secondary N) is 1. The molecule has 1 atom stereocenters. The minimum absolute atomic E-state index is 0.0436. The van der Waals surface area contributed by atoms with E-state index in [9.17, 15) is 4.79 Å². The Morgan fingerprint density at radius 2 is 1.83 bits per heavy atom. The number of furan rings is 1. The molecule has 122 valence electrons. The molecular formula is C21H21NO2. The molecule has 0 fully saturated rings. The van der Waals surface area contributed by atoms with Crippen LogP contribution in [0.15, 0.2) is 52.9 Å². The van der Waals surface area contributed by atoms with Gasteiger partial charge in [-0.25, -0.2) is 0 Å². The minimum atomic E-state index is -0.170. The van der Waals surface area contributed by atoms with Gasteiger partial charge in [0, 0.05) is 5.39 Å². The van der Waals surface area contributed by atoms with Crippen LogP contribution in [0.5, 0.6) is 0 Å². The summed E-state index contributed by atoms with van der Waals surface area (Å²) < 4.78 is 5.65. The molecule has 0 unspecified atom stereocenters. The first kappa shape index (κ1) is 15.0. The van der Waals surface area contributed by atoms with Crippen molar-refractivity contribution < 1.29 is 9.21 Å². The SMILES string of the molecule is C[C@H](NC(=O)c1cc2ccccc2o1)c1ccc2c(c1)CCCC2. The predicted molar refractivity (Wildman–Crippen MR) is 95.2 cm³/mol. The van der Waals surface area contributed by atoms with Gasteiger partial charge in [0.25, 0.3) is 5.91 Å². The van der Waals surface area contributed by atoms with E-state index in [4.69, 9.17) is 4.42 Å². The molecular weight excluding hydrogens is 298 g/mol. The lowest BCUT2D eigenvalue weighted by Crippen LogP contribution is -2.26. The number of carbonyl (C=O) groups is 1. The van der Waals surface area contributed by atoms with E-state index in [-0.39, 0.29) is 11.9 Å². The molecule has 0 bridgehead atoms. The van der Waals surface area contributed by atoms with E-state index in [1.807, 2.05) is 31.2 Å². The normalized spacial score (nSPS) is 15.0. The number of amides is 1. The number of hydrogen-bond donors (Lipinski definition) is 1. The number of para-hydroxylation sites is 1. The first-order chi connectivity index (χ1) is 11.7. The standard InChI is InChI=1S/C21H21NO2/c1-14(16-11-10-15-6-2-3-7-17(15)12-16)22-21(23)20-13-18-8-4-5-9-19(18)24-20/h4-5,8-14H,2-3,6-7H2,1H3,(H,22,23)/t14-/m0/s1. The molecule has 0 aliphatic heterocycles. The molecule has 0 radical (unpaired) electrons. The number of rotatable bonds is 3. The molecule has 0 saturated heterocycles. The maximum atomic E-state index is 12.5. The van der Waals surface area contributed by atoms with Crippen LogP contribution < -0.4 is 5.32 Å². The molecule has 3 heteroatoms. The van der Waals surface area contributed by atoms with Gasteiger partial charge >= 0.3 is 0 Å². The van der Waals surface area contributed by atoms with Gasteiger partial charge in [-0.05, 0) is 61.4 Å². The van der Waals surface area contributed by atoms with Crippen LogP contribution in [-0.2, 0) is 12.8 Å². The lowest BCUT2D eigenvalue weighted by molar-refractivity contribution is 0.0914. The molecule has 1 amide bonds. The largest absolute Gasteiger partial charge is 0.451 e. The van der Waals surface area contributed by atoms with Crippen LogP contribution in [0.25, 0.3) is 11.0 Å². The van der Waals surface area contributed by atoms with Crippen molar-refractivity contribution >= 4 is 16.9 Å². The zero-order valence-electron chi connectivity index (χ0n) is 13.8. The van der Waals surface area contributed by atoms with Crippen LogP contribution in [0, 0.1) is 0 Å². The number of fused-ring (bicyclic) bond motifs is 2. The Balaban J connectivity index is 1.52. The van der Waals surface area contributed by atoms with Crippen molar-refractivity contribution in [2.45, 2.75) is 38.6 Å². The van der Waals surface area contributed by atoms with Gasteiger partial charge in [0.05, 0.1) is 6.04 Å². The zero-order valence-corrected chi connectivity index (χ0v) is 13.8. The fourth-order valence-corrected chi connectivity index (χ4v) is 3.47. The Morgan fingerprint density at radius 1 is 1.04 bits per heavy atom.